The van der Waals surface area contributed by atoms with Crippen LogP contribution in [0.2, 0.25) is 0 Å². The first-order chi connectivity index (χ1) is 27.7. The molecule has 0 aliphatic carbocycles. The van der Waals surface area contributed by atoms with Crippen LogP contribution in [0.1, 0.15) is 0 Å². The molecule has 0 amide bonds. The molecule has 4 nitrogen and oxygen atoms in total. The average Bonchev–Trinajstić information content (AvgIpc) is 3.85. The maximum Gasteiger partial charge on any atom is 0.160 e. The van der Waals surface area contributed by atoms with Crippen LogP contribution in [0.25, 0.3) is 109 Å². The summed E-state index contributed by atoms with van der Waals surface area (Å²) in [7, 11) is 0. The van der Waals surface area contributed by atoms with Crippen LogP contribution in [0, 0.1) is 0 Å². The number of para-hydroxylation sites is 1. The van der Waals surface area contributed by atoms with E-state index in [4.69, 9.17) is 14.4 Å². The van der Waals surface area contributed by atoms with Gasteiger partial charge in [-0.1, -0.05) is 127 Å². The van der Waals surface area contributed by atoms with E-state index in [0.29, 0.717) is 5.82 Å². The van der Waals surface area contributed by atoms with Gasteiger partial charge in [-0.15, -0.1) is 11.3 Å². The first-order valence-electron chi connectivity index (χ1n) is 18.7. The average molecular weight is 734 g/mol. The lowest BCUT2D eigenvalue weighted by Gasteiger charge is -2.12. The summed E-state index contributed by atoms with van der Waals surface area (Å²) in [6.45, 7) is 0. The quantitative estimate of drug-likeness (QED) is 0.171. The van der Waals surface area contributed by atoms with Crippen molar-refractivity contribution < 1.29 is 4.42 Å². The highest BCUT2D eigenvalue weighted by atomic mass is 32.1. The van der Waals surface area contributed by atoms with E-state index in [-0.39, 0.29) is 0 Å². The van der Waals surface area contributed by atoms with E-state index in [1.165, 1.54) is 25.7 Å². The SMILES string of the molecule is c1ccc(-c2cc(-c3cccc(-c4cccnc4)c3)nc(-c3ccc(-c4ccc(-c5ccc6sc7ccccc7c6c5)c5c4oc4ccccc45)cc3)n2)cc1. The molecule has 7 aromatic carbocycles. The normalized spacial score (nSPS) is 11.6. The number of furan rings is 1. The van der Waals surface area contributed by atoms with Crippen molar-refractivity contribution in [3.05, 3.63) is 188 Å². The van der Waals surface area contributed by atoms with E-state index in [1.807, 2.05) is 47.9 Å². The molecule has 0 fully saturated rings. The number of aromatic nitrogens is 3. The fourth-order valence-corrected chi connectivity index (χ4v) is 8.95. The second kappa shape index (κ2) is 13.3. The van der Waals surface area contributed by atoms with Crippen LogP contribution < -0.4 is 0 Å². The zero-order valence-corrected chi connectivity index (χ0v) is 30.9. The van der Waals surface area contributed by atoms with Gasteiger partial charge in [0.1, 0.15) is 11.2 Å². The van der Waals surface area contributed by atoms with Gasteiger partial charge in [0.2, 0.25) is 0 Å². The molecule has 0 atom stereocenters. The standard InChI is InChI=1S/C51H31N3OS/c1-2-10-33(11-3-1)44-30-45(37-13-8-12-35(28-37)38-14-9-27-52-31-38)54-51(53-44)34-21-19-32(20-22-34)40-25-24-39(49-42-16-4-6-17-46(42)55-50(40)49)36-23-26-48-43(29-36)41-15-5-7-18-47(41)56-48/h1-31H. The molecule has 0 saturated carbocycles. The zero-order chi connectivity index (χ0) is 37.0. The van der Waals surface area contributed by atoms with Crippen LogP contribution in [0.15, 0.2) is 193 Å². The lowest BCUT2D eigenvalue weighted by molar-refractivity contribution is 0.670. The van der Waals surface area contributed by atoms with E-state index in [2.05, 4.69) is 151 Å². The molecule has 0 spiro atoms. The molecule has 5 heteroatoms. The van der Waals surface area contributed by atoms with Gasteiger partial charge in [-0.3, -0.25) is 4.98 Å². The molecule has 0 radical (unpaired) electrons. The molecule has 0 aliphatic rings. The Labute approximate surface area is 327 Å². The number of fused-ring (bicyclic) bond motifs is 6. The van der Waals surface area contributed by atoms with Gasteiger partial charge in [-0.05, 0) is 70.8 Å². The summed E-state index contributed by atoms with van der Waals surface area (Å²) in [5.41, 5.74) is 13.1. The minimum absolute atomic E-state index is 0.667. The van der Waals surface area contributed by atoms with Gasteiger partial charge in [0, 0.05) is 71.2 Å². The topological polar surface area (TPSA) is 51.8 Å². The Hall–Kier alpha value is -7.21. The fourth-order valence-electron chi connectivity index (χ4n) is 7.86. The number of benzene rings is 7. The van der Waals surface area contributed by atoms with E-state index in [9.17, 15) is 0 Å². The molecule has 56 heavy (non-hydrogen) atoms. The van der Waals surface area contributed by atoms with Crippen molar-refractivity contribution in [2.75, 3.05) is 0 Å². The van der Waals surface area contributed by atoms with Crippen LogP contribution in [-0.4, -0.2) is 15.0 Å². The monoisotopic (exact) mass is 733 g/mol. The van der Waals surface area contributed by atoms with Crippen molar-refractivity contribution >= 4 is 53.4 Å². The number of hydrogen-bond donors (Lipinski definition) is 0. The molecule has 0 unspecified atom stereocenters. The third-order valence-electron chi connectivity index (χ3n) is 10.6. The molecule has 0 bridgehead atoms. The van der Waals surface area contributed by atoms with Crippen molar-refractivity contribution in [2.24, 2.45) is 0 Å². The Morgan fingerprint density at radius 2 is 1.09 bits per heavy atom. The first-order valence-corrected chi connectivity index (χ1v) is 19.5. The number of rotatable bonds is 6. The summed E-state index contributed by atoms with van der Waals surface area (Å²) < 4.78 is 9.30. The summed E-state index contributed by atoms with van der Waals surface area (Å²) in [5, 5.41) is 4.81. The highest BCUT2D eigenvalue weighted by Gasteiger charge is 2.19. The molecule has 0 N–H and O–H groups in total. The number of pyridine rings is 1. The minimum Gasteiger partial charge on any atom is -0.455 e. The Kier molecular flexibility index (Phi) is 7.64. The second-order valence-electron chi connectivity index (χ2n) is 14.0. The van der Waals surface area contributed by atoms with Gasteiger partial charge < -0.3 is 4.42 Å². The first kappa shape index (κ1) is 32.2. The maximum absolute atomic E-state index is 6.70. The molecule has 4 aromatic heterocycles. The second-order valence-corrected chi connectivity index (χ2v) is 15.1. The summed E-state index contributed by atoms with van der Waals surface area (Å²) in [4.78, 5) is 14.6. The lowest BCUT2D eigenvalue weighted by atomic mass is 9.93. The van der Waals surface area contributed by atoms with E-state index in [0.717, 1.165) is 77.8 Å². The Morgan fingerprint density at radius 3 is 1.95 bits per heavy atom. The number of thiophene rings is 1. The molecule has 4 heterocycles. The van der Waals surface area contributed by atoms with Crippen molar-refractivity contribution in [3.8, 4) is 67.3 Å². The summed E-state index contributed by atoms with van der Waals surface area (Å²) in [5.74, 6) is 0.667. The van der Waals surface area contributed by atoms with Crippen molar-refractivity contribution in [2.45, 2.75) is 0 Å². The predicted octanol–water partition coefficient (Wildman–Crippen LogP) is 14.1. The fraction of sp³-hybridized carbons (Fsp3) is 0. The molecule has 0 saturated heterocycles. The minimum atomic E-state index is 0.667. The molecular weight excluding hydrogens is 703 g/mol. The van der Waals surface area contributed by atoms with Crippen molar-refractivity contribution in [1.29, 1.82) is 0 Å². The summed E-state index contributed by atoms with van der Waals surface area (Å²) >= 11 is 1.84. The summed E-state index contributed by atoms with van der Waals surface area (Å²) in [6.07, 6.45) is 3.68. The van der Waals surface area contributed by atoms with Gasteiger partial charge in [-0.25, -0.2) is 9.97 Å². The highest BCUT2D eigenvalue weighted by Crippen LogP contribution is 2.44. The smallest absolute Gasteiger partial charge is 0.160 e. The summed E-state index contributed by atoms with van der Waals surface area (Å²) in [6, 6.07) is 61.7. The predicted molar refractivity (Wildman–Crippen MR) is 233 cm³/mol. The third-order valence-corrected chi connectivity index (χ3v) is 11.8. The van der Waals surface area contributed by atoms with E-state index < -0.39 is 0 Å². The van der Waals surface area contributed by atoms with Crippen LogP contribution in [-0.2, 0) is 0 Å². The molecule has 11 rings (SSSR count). The van der Waals surface area contributed by atoms with Gasteiger partial charge in [0.15, 0.2) is 5.82 Å². The Balaban J connectivity index is 1.02. The van der Waals surface area contributed by atoms with Gasteiger partial charge in [0.25, 0.3) is 0 Å². The Bertz CT molecular complexity index is 3240. The van der Waals surface area contributed by atoms with Crippen LogP contribution in [0.5, 0.6) is 0 Å². The van der Waals surface area contributed by atoms with Crippen molar-refractivity contribution in [3.63, 3.8) is 0 Å². The third kappa shape index (κ3) is 5.56. The molecule has 262 valence electrons. The van der Waals surface area contributed by atoms with Crippen LogP contribution in [0.3, 0.4) is 0 Å². The Morgan fingerprint density at radius 1 is 0.411 bits per heavy atom. The van der Waals surface area contributed by atoms with Crippen LogP contribution >= 0.6 is 11.3 Å². The molecule has 0 aliphatic heterocycles. The number of nitrogens with zero attached hydrogens (tertiary/aromatic N) is 3. The number of hydrogen-bond acceptors (Lipinski definition) is 5. The zero-order valence-electron chi connectivity index (χ0n) is 30.1. The van der Waals surface area contributed by atoms with Crippen LogP contribution in [0.4, 0.5) is 0 Å². The van der Waals surface area contributed by atoms with Gasteiger partial charge >= 0.3 is 0 Å². The van der Waals surface area contributed by atoms with Gasteiger partial charge in [0.05, 0.1) is 11.4 Å². The largest absolute Gasteiger partial charge is 0.455 e. The molecular formula is C51H31N3OS. The molecule has 11 aromatic rings. The van der Waals surface area contributed by atoms with Crippen molar-refractivity contribution in [1.82, 2.24) is 15.0 Å². The highest BCUT2D eigenvalue weighted by molar-refractivity contribution is 7.25. The van der Waals surface area contributed by atoms with E-state index in [1.54, 1.807) is 6.20 Å². The van der Waals surface area contributed by atoms with Gasteiger partial charge in [-0.2, -0.15) is 0 Å². The van der Waals surface area contributed by atoms with E-state index >= 15 is 0 Å². The maximum atomic E-state index is 6.70. The lowest BCUT2D eigenvalue weighted by Crippen LogP contribution is -1.96.